The lowest BCUT2D eigenvalue weighted by Gasteiger charge is -2.26. The molecule has 2 unspecified atom stereocenters. The van der Waals surface area contributed by atoms with E-state index in [0.717, 1.165) is 29.5 Å². The van der Waals surface area contributed by atoms with E-state index in [0.29, 0.717) is 0 Å². The molecule has 1 aliphatic rings. The summed E-state index contributed by atoms with van der Waals surface area (Å²) in [4.78, 5) is 17.4. The maximum atomic E-state index is 12.5. The summed E-state index contributed by atoms with van der Waals surface area (Å²) in [5, 5.41) is 1.12. The van der Waals surface area contributed by atoms with E-state index in [1.807, 2.05) is 49.3 Å². The standard InChI is InChI=1S/C15H18N2O2/c1-10-14(6-8-19-10)17(2)15(18)12-4-3-11-5-7-16-13(11)9-12/h3-5,7,9-10,14,16H,6,8H2,1-2H3. The first-order valence-corrected chi connectivity index (χ1v) is 6.63. The molecule has 4 heteroatoms. The Labute approximate surface area is 112 Å². The van der Waals surface area contributed by atoms with Crippen LogP contribution in [0.4, 0.5) is 0 Å². The van der Waals surface area contributed by atoms with E-state index in [1.165, 1.54) is 0 Å². The summed E-state index contributed by atoms with van der Waals surface area (Å²) in [7, 11) is 1.86. The highest BCUT2D eigenvalue weighted by Crippen LogP contribution is 2.21. The van der Waals surface area contributed by atoms with Crippen LogP contribution >= 0.6 is 0 Å². The van der Waals surface area contributed by atoms with Gasteiger partial charge in [-0.05, 0) is 36.9 Å². The van der Waals surface area contributed by atoms with Gasteiger partial charge in [-0.15, -0.1) is 0 Å². The van der Waals surface area contributed by atoms with Gasteiger partial charge in [0, 0.05) is 30.9 Å². The molecular formula is C15H18N2O2. The number of hydrogen-bond donors (Lipinski definition) is 1. The number of carbonyl (C=O) groups is 1. The van der Waals surface area contributed by atoms with Crippen LogP contribution in [0.1, 0.15) is 23.7 Å². The fraction of sp³-hybridized carbons (Fsp3) is 0.400. The predicted molar refractivity (Wildman–Crippen MR) is 74.2 cm³/mol. The molecule has 0 bridgehead atoms. The van der Waals surface area contributed by atoms with Crippen molar-refractivity contribution in [2.24, 2.45) is 0 Å². The minimum absolute atomic E-state index is 0.0545. The minimum Gasteiger partial charge on any atom is -0.376 e. The smallest absolute Gasteiger partial charge is 0.254 e. The number of fused-ring (bicyclic) bond motifs is 1. The van der Waals surface area contributed by atoms with Gasteiger partial charge in [0.15, 0.2) is 0 Å². The molecular weight excluding hydrogens is 240 g/mol. The van der Waals surface area contributed by atoms with Gasteiger partial charge < -0.3 is 14.6 Å². The number of amides is 1. The van der Waals surface area contributed by atoms with Crippen molar-refractivity contribution in [3.05, 3.63) is 36.0 Å². The molecule has 3 rings (SSSR count). The summed E-state index contributed by atoms with van der Waals surface area (Å²) in [6, 6.07) is 7.94. The van der Waals surface area contributed by atoms with Crippen LogP contribution in [0.3, 0.4) is 0 Å². The van der Waals surface area contributed by atoms with E-state index < -0.39 is 0 Å². The minimum atomic E-state index is 0.0545. The molecule has 1 aromatic carbocycles. The quantitative estimate of drug-likeness (QED) is 0.899. The molecule has 1 amide bonds. The van der Waals surface area contributed by atoms with Crippen molar-refractivity contribution >= 4 is 16.8 Å². The molecule has 1 aromatic heterocycles. The summed E-state index contributed by atoms with van der Waals surface area (Å²) in [5.74, 6) is 0.0545. The molecule has 1 aliphatic heterocycles. The number of aromatic amines is 1. The Morgan fingerprint density at radius 2 is 2.26 bits per heavy atom. The highest BCUT2D eigenvalue weighted by Gasteiger charge is 2.31. The van der Waals surface area contributed by atoms with Crippen molar-refractivity contribution in [3.8, 4) is 0 Å². The largest absolute Gasteiger partial charge is 0.376 e. The van der Waals surface area contributed by atoms with Crippen molar-refractivity contribution in [1.29, 1.82) is 0 Å². The van der Waals surface area contributed by atoms with Gasteiger partial charge in [0.2, 0.25) is 0 Å². The third-order valence-electron chi connectivity index (χ3n) is 3.96. The number of rotatable bonds is 2. The average Bonchev–Trinajstić information content (AvgIpc) is 3.04. The van der Waals surface area contributed by atoms with Gasteiger partial charge in [-0.1, -0.05) is 6.07 Å². The normalized spacial score (nSPS) is 22.8. The number of H-pyrrole nitrogens is 1. The lowest BCUT2D eigenvalue weighted by molar-refractivity contribution is 0.0575. The SMILES string of the molecule is CC1OCCC1N(C)C(=O)c1ccc2cc[nH]c2c1. The Kier molecular flexibility index (Phi) is 3.03. The number of nitrogens with one attached hydrogen (secondary N) is 1. The van der Waals surface area contributed by atoms with Crippen LogP contribution in [-0.2, 0) is 4.74 Å². The number of benzene rings is 1. The Balaban J connectivity index is 1.86. The second-order valence-electron chi connectivity index (χ2n) is 5.13. The topological polar surface area (TPSA) is 45.3 Å². The molecule has 19 heavy (non-hydrogen) atoms. The van der Waals surface area contributed by atoms with Gasteiger partial charge in [-0.2, -0.15) is 0 Å². The number of hydrogen-bond acceptors (Lipinski definition) is 2. The molecule has 1 N–H and O–H groups in total. The first kappa shape index (κ1) is 12.2. The molecule has 1 fully saturated rings. The van der Waals surface area contributed by atoms with Crippen molar-refractivity contribution in [3.63, 3.8) is 0 Å². The van der Waals surface area contributed by atoms with Crippen LogP contribution in [0.5, 0.6) is 0 Å². The van der Waals surface area contributed by atoms with E-state index in [4.69, 9.17) is 4.74 Å². The summed E-state index contributed by atoms with van der Waals surface area (Å²) in [5.41, 5.74) is 1.71. The van der Waals surface area contributed by atoms with Gasteiger partial charge in [0.25, 0.3) is 5.91 Å². The van der Waals surface area contributed by atoms with E-state index in [-0.39, 0.29) is 18.1 Å². The second-order valence-corrected chi connectivity index (χ2v) is 5.13. The molecule has 0 saturated carbocycles. The van der Waals surface area contributed by atoms with Gasteiger partial charge in [-0.25, -0.2) is 0 Å². The van der Waals surface area contributed by atoms with Crippen LogP contribution in [0.25, 0.3) is 10.9 Å². The van der Waals surface area contributed by atoms with Crippen LogP contribution in [0.2, 0.25) is 0 Å². The summed E-state index contributed by atoms with van der Waals surface area (Å²) in [6.07, 6.45) is 2.91. The zero-order valence-corrected chi connectivity index (χ0v) is 11.2. The molecule has 2 heterocycles. The number of nitrogens with zero attached hydrogens (tertiary/aromatic N) is 1. The number of aromatic nitrogens is 1. The third kappa shape index (κ3) is 2.12. The van der Waals surface area contributed by atoms with Crippen LogP contribution < -0.4 is 0 Å². The molecule has 0 radical (unpaired) electrons. The number of ether oxygens (including phenoxy) is 1. The zero-order valence-electron chi connectivity index (χ0n) is 11.2. The summed E-state index contributed by atoms with van der Waals surface area (Å²) >= 11 is 0. The maximum absolute atomic E-state index is 12.5. The van der Waals surface area contributed by atoms with Gasteiger partial charge in [0.1, 0.15) is 0 Å². The molecule has 1 saturated heterocycles. The van der Waals surface area contributed by atoms with E-state index in [1.54, 1.807) is 0 Å². The van der Waals surface area contributed by atoms with E-state index >= 15 is 0 Å². The Hall–Kier alpha value is -1.81. The monoisotopic (exact) mass is 258 g/mol. The van der Waals surface area contributed by atoms with Crippen molar-refractivity contribution in [2.75, 3.05) is 13.7 Å². The lowest BCUT2D eigenvalue weighted by Crippen LogP contribution is -2.40. The second kappa shape index (κ2) is 4.70. The Bertz CT molecular complexity index is 605. The Morgan fingerprint density at radius 1 is 1.42 bits per heavy atom. The lowest BCUT2D eigenvalue weighted by atomic mass is 10.1. The molecule has 2 atom stereocenters. The van der Waals surface area contributed by atoms with E-state index in [9.17, 15) is 4.79 Å². The van der Waals surface area contributed by atoms with Crippen molar-refractivity contribution in [1.82, 2.24) is 9.88 Å². The van der Waals surface area contributed by atoms with Crippen molar-refractivity contribution in [2.45, 2.75) is 25.5 Å². The van der Waals surface area contributed by atoms with Crippen molar-refractivity contribution < 1.29 is 9.53 Å². The average molecular weight is 258 g/mol. The molecule has 100 valence electrons. The fourth-order valence-electron chi connectivity index (χ4n) is 2.76. The highest BCUT2D eigenvalue weighted by atomic mass is 16.5. The molecule has 0 aliphatic carbocycles. The van der Waals surface area contributed by atoms with Gasteiger partial charge in [-0.3, -0.25) is 4.79 Å². The first-order chi connectivity index (χ1) is 9.16. The predicted octanol–water partition coefficient (Wildman–Crippen LogP) is 2.42. The summed E-state index contributed by atoms with van der Waals surface area (Å²) in [6.45, 7) is 2.76. The molecule has 4 nitrogen and oxygen atoms in total. The van der Waals surface area contributed by atoms with Gasteiger partial charge in [0.05, 0.1) is 12.1 Å². The molecule has 2 aromatic rings. The zero-order chi connectivity index (χ0) is 13.4. The third-order valence-corrected chi connectivity index (χ3v) is 3.96. The number of carbonyl (C=O) groups excluding carboxylic acids is 1. The Morgan fingerprint density at radius 3 is 3.00 bits per heavy atom. The first-order valence-electron chi connectivity index (χ1n) is 6.63. The maximum Gasteiger partial charge on any atom is 0.254 e. The van der Waals surface area contributed by atoms with Gasteiger partial charge >= 0.3 is 0 Å². The summed E-state index contributed by atoms with van der Waals surface area (Å²) < 4.78 is 5.53. The fourth-order valence-corrected chi connectivity index (χ4v) is 2.76. The van der Waals surface area contributed by atoms with E-state index in [2.05, 4.69) is 4.98 Å². The number of likely N-dealkylation sites (N-methyl/N-ethyl adjacent to an activating group) is 1. The van der Waals surface area contributed by atoms with Crippen LogP contribution in [0, 0.1) is 0 Å². The van der Waals surface area contributed by atoms with Crippen LogP contribution in [0.15, 0.2) is 30.5 Å². The molecule has 0 spiro atoms. The van der Waals surface area contributed by atoms with Crippen LogP contribution in [-0.4, -0.2) is 41.6 Å². The highest BCUT2D eigenvalue weighted by molar-refractivity contribution is 5.98.